The minimum absolute atomic E-state index is 0.127. The molecule has 30 heavy (non-hydrogen) atoms. The molecule has 1 unspecified atom stereocenters. The molecule has 0 radical (unpaired) electrons. The molecular formula is C21H26N6O2S. The van der Waals surface area contributed by atoms with Crippen molar-refractivity contribution in [2.24, 2.45) is 5.92 Å². The maximum Gasteiger partial charge on any atom is 0.162 e. The number of aryl methyl sites for hydroxylation is 1. The Labute approximate surface area is 179 Å². The van der Waals surface area contributed by atoms with Crippen molar-refractivity contribution >= 4 is 33.7 Å². The predicted octanol–water partition coefficient (Wildman–Crippen LogP) is 2.58. The molecule has 4 heterocycles. The third-order valence-electron chi connectivity index (χ3n) is 5.99. The maximum atomic E-state index is 10.9. The van der Waals surface area contributed by atoms with Gasteiger partial charge < -0.3 is 19.6 Å². The predicted molar refractivity (Wildman–Crippen MR) is 117 cm³/mol. The van der Waals surface area contributed by atoms with Crippen LogP contribution in [0.15, 0.2) is 24.4 Å². The fourth-order valence-electron chi connectivity index (χ4n) is 4.38. The summed E-state index contributed by atoms with van der Waals surface area (Å²) in [6.07, 6.45) is 3.27. The van der Waals surface area contributed by atoms with Crippen molar-refractivity contribution in [3.63, 3.8) is 0 Å². The Kier molecular flexibility index (Phi) is 5.49. The highest BCUT2D eigenvalue weighted by atomic mass is 32.1. The lowest BCUT2D eigenvalue weighted by Gasteiger charge is -2.35. The third kappa shape index (κ3) is 3.84. The Morgan fingerprint density at radius 2 is 2.03 bits per heavy atom. The normalized spacial score (nSPS) is 21.2. The van der Waals surface area contributed by atoms with E-state index in [0.717, 1.165) is 84.5 Å². The maximum absolute atomic E-state index is 10.9. The van der Waals surface area contributed by atoms with E-state index < -0.39 is 6.10 Å². The molecule has 2 saturated heterocycles. The monoisotopic (exact) mass is 426 g/mol. The van der Waals surface area contributed by atoms with Crippen molar-refractivity contribution in [2.45, 2.75) is 25.9 Å². The van der Waals surface area contributed by atoms with E-state index in [4.69, 9.17) is 4.74 Å². The van der Waals surface area contributed by atoms with Gasteiger partial charge in [0.05, 0.1) is 13.2 Å². The van der Waals surface area contributed by atoms with Crippen LogP contribution in [0, 0.1) is 12.8 Å². The van der Waals surface area contributed by atoms with Gasteiger partial charge in [-0.25, -0.2) is 4.98 Å². The summed E-state index contributed by atoms with van der Waals surface area (Å²) in [7, 11) is 0. The fraction of sp³-hybridized carbons (Fsp3) is 0.524. The lowest BCUT2D eigenvalue weighted by Crippen LogP contribution is -2.38. The Balaban J connectivity index is 1.39. The second-order valence-corrected chi connectivity index (χ2v) is 9.28. The minimum Gasteiger partial charge on any atom is -0.386 e. The molecule has 9 heteroatoms. The van der Waals surface area contributed by atoms with Crippen molar-refractivity contribution in [3.8, 4) is 0 Å². The zero-order chi connectivity index (χ0) is 20.5. The first-order valence-electron chi connectivity index (χ1n) is 10.5. The number of rotatable bonds is 4. The summed E-state index contributed by atoms with van der Waals surface area (Å²) < 4.78 is 5.46. The number of piperidine rings is 1. The summed E-state index contributed by atoms with van der Waals surface area (Å²) in [4.78, 5) is 10.1. The van der Waals surface area contributed by atoms with Gasteiger partial charge in [0.25, 0.3) is 0 Å². The molecule has 0 saturated carbocycles. The number of aromatic nitrogens is 4. The van der Waals surface area contributed by atoms with E-state index in [2.05, 4.69) is 48.4 Å². The zero-order valence-corrected chi connectivity index (χ0v) is 17.9. The largest absolute Gasteiger partial charge is 0.386 e. The van der Waals surface area contributed by atoms with Gasteiger partial charge in [0.2, 0.25) is 0 Å². The molecule has 0 bridgehead atoms. The van der Waals surface area contributed by atoms with Crippen molar-refractivity contribution in [3.05, 3.63) is 34.3 Å². The molecule has 0 aliphatic carbocycles. The molecule has 2 aliphatic heterocycles. The SMILES string of the molecule is Cc1cnc([C@@H](O)C2CCCN(c3nnnc4cc(N5CCOCC5)ccc34)C2)s1. The summed E-state index contributed by atoms with van der Waals surface area (Å²) in [5.74, 6) is 0.975. The van der Waals surface area contributed by atoms with Crippen LogP contribution < -0.4 is 9.80 Å². The molecular weight excluding hydrogens is 400 g/mol. The van der Waals surface area contributed by atoms with E-state index in [1.54, 1.807) is 11.3 Å². The molecule has 2 aliphatic rings. The van der Waals surface area contributed by atoms with Crippen molar-refractivity contribution in [2.75, 3.05) is 49.2 Å². The van der Waals surface area contributed by atoms with Crippen LogP contribution in [0.2, 0.25) is 0 Å². The average Bonchev–Trinajstić information content (AvgIpc) is 3.24. The van der Waals surface area contributed by atoms with Crippen LogP contribution in [0.4, 0.5) is 11.5 Å². The number of benzene rings is 1. The number of nitrogens with zero attached hydrogens (tertiary/aromatic N) is 6. The smallest absolute Gasteiger partial charge is 0.162 e. The fourth-order valence-corrected chi connectivity index (χ4v) is 5.23. The number of aliphatic hydroxyl groups is 1. The van der Waals surface area contributed by atoms with Crippen LogP contribution in [0.25, 0.3) is 10.9 Å². The number of hydrogen-bond acceptors (Lipinski definition) is 9. The second-order valence-electron chi connectivity index (χ2n) is 8.02. The van der Waals surface area contributed by atoms with Crippen LogP contribution >= 0.6 is 11.3 Å². The van der Waals surface area contributed by atoms with Gasteiger partial charge in [0, 0.05) is 54.2 Å². The molecule has 2 atom stereocenters. The minimum atomic E-state index is -0.541. The molecule has 2 fully saturated rings. The number of hydrogen-bond donors (Lipinski definition) is 1. The Hall–Kier alpha value is -2.36. The van der Waals surface area contributed by atoms with E-state index in [1.165, 1.54) is 0 Å². The number of anilines is 2. The van der Waals surface area contributed by atoms with Crippen LogP contribution in [0.1, 0.15) is 28.8 Å². The van der Waals surface area contributed by atoms with Gasteiger partial charge in [-0.2, -0.15) is 0 Å². The number of morpholine rings is 1. The molecule has 8 nitrogen and oxygen atoms in total. The van der Waals surface area contributed by atoms with Gasteiger partial charge in [-0.05, 0) is 43.2 Å². The Morgan fingerprint density at radius 3 is 2.83 bits per heavy atom. The molecule has 3 aromatic rings. The molecule has 2 aromatic heterocycles. The molecule has 5 rings (SSSR count). The van der Waals surface area contributed by atoms with Crippen molar-refractivity contribution in [1.29, 1.82) is 0 Å². The second kappa shape index (κ2) is 8.41. The summed E-state index contributed by atoms with van der Waals surface area (Å²) in [6, 6.07) is 6.32. The quantitative estimate of drug-likeness (QED) is 0.681. The highest BCUT2D eigenvalue weighted by Gasteiger charge is 2.30. The van der Waals surface area contributed by atoms with Gasteiger partial charge in [0.15, 0.2) is 5.82 Å². The number of aliphatic hydroxyl groups excluding tert-OH is 1. The Bertz CT molecular complexity index is 1020. The summed E-state index contributed by atoms with van der Waals surface area (Å²) >= 11 is 1.57. The van der Waals surface area contributed by atoms with Crippen LogP contribution in [0.3, 0.4) is 0 Å². The number of ether oxygens (including phenoxy) is 1. The molecule has 0 amide bonds. The lowest BCUT2D eigenvalue weighted by atomic mass is 9.92. The first kappa shape index (κ1) is 19.6. The number of thiazole rings is 1. The average molecular weight is 427 g/mol. The number of fused-ring (bicyclic) bond motifs is 1. The van der Waals surface area contributed by atoms with Crippen LogP contribution in [-0.4, -0.2) is 64.9 Å². The molecule has 0 spiro atoms. The van der Waals surface area contributed by atoms with Crippen LogP contribution in [-0.2, 0) is 4.74 Å². The first-order valence-corrected chi connectivity index (χ1v) is 11.3. The van der Waals surface area contributed by atoms with Gasteiger partial charge in [-0.1, -0.05) is 0 Å². The van der Waals surface area contributed by atoms with E-state index in [-0.39, 0.29) is 5.92 Å². The standard InChI is InChI=1S/C21H26N6O2S/c1-14-12-22-21(30-14)19(28)15-3-2-6-27(13-15)20-17-5-4-16(11-18(17)23-25-24-20)26-7-9-29-10-8-26/h4-5,11-12,15,19,28H,2-3,6-10,13H2,1H3/t15?,19-/m0/s1. The van der Waals surface area contributed by atoms with Crippen LogP contribution in [0.5, 0.6) is 0 Å². The zero-order valence-electron chi connectivity index (χ0n) is 17.1. The van der Waals surface area contributed by atoms with Crippen molar-refractivity contribution < 1.29 is 9.84 Å². The highest BCUT2D eigenvalue weighted by Crippen LogP contribution is 2.35. The molecule has 158 valence electrons. The van der Waals surface area contributed by atoms with E-state index in [0.29, 0.717) is 0 Å². The topological polar surface area (TPSA) is 87.5 Å². The molecule has 1 aromatic carbocycles. The van der Waals surface area contributed by atoms with Crippen molar-refractivity contribution in [1.82, 2.24) is 20.4 Å². The summed E-state index contributed by atoms with van der Waals surface area (Å²) in [5.41, 5.74) is 1.99. The van der Waals surface area contributed by atoms with Gasteiger partial charge in [-0.15, -0.1) is 21.5 Å². The highest BCUT2D eigenvalue weighted by molar-refractivity contribution is 7.11. The Morgan fingerprint density at radius 1 is 1.17 bits per heavy atom. The van der Waals surface area contributed by atoms with E-state index >= 15 is 0 Å². The van der Waals surface area contributed by atoms with Gasteiger partial charge in [-0.3, -0.25) is 0 Å². The lowest BCUT2D eigenvalue weighted by molar-refractivity contribution is 0.0977. The molecule has 1 N–H and O–H groups in total. The van der Waals surface area contributed by atoms with E-state index in [1.807, 2.05) is 13.1 Å². The summed E-state index contributed by atoms with van der Waals surface area (Å²) in [6.45, 7) is 6.93. The third-order valence-corrected chi connectivity index (χ3v) is 6.97. The van der Waals surface area contributed by atoms with Gasteiger partial charge >= 0.3 is 0 Å². The summed E-state index contributed by atoms with van der Waals surface area (Å²) in [5, 5.41) is 25.4. The van der Waals surface area contributed by atoms with Gasteiger partial charge in [0.1, 0.15) is 16.6 Å². The van der Waals surface area contributed by atoms with E-state index in [9.17, 15) is 5.11 Å². The first-order chi connectivity index (χ1) is 14.7.